The number of benzene rings is 4. The van der Waals surface area contributed by atoms with Gasteiger partial charge in [-0.3, -0.25) is 0 Å². The standard InChI is InChI=1S/C24H14BBr2N/c26-15-9-11-19-17-5-1-3-7-21(17)25-22-8-4-2-6-18(22)20-12-10-16(27)14-24(20)28(25)23(19)13-15/h1-14H. The van der Waals surface area contributed by atoms with Crippen molar-refractivity contribution in [1.82, 2.24) is 0 Å². The van der Waals surface area contributed by atoms with E-state index in [4.69, 9.17) is 0 Å². The van der Waals surface area contributed by atoms with Gasteiger partial charge in [0.1, 0.15) is 0 Å². The molecule has 2 heterocycles. The maximum absolute atomic E-state index is 3.70. The van der Waals surface area contributed by atoms with E-state index in [9.17, 15) is 0 Å². The number of hydrogen-bond acceptors (Lipinski definition) is 1. The smallest absolute Gasteiger partial charge is 0.329 e. The zero-order chi connectivity index (χ0) is 18.8. The molecule has 4 aromatic rings. The van der Waals surface area contributed by atoms with Crippen LogP contribution >= 0.6 is 31.9 Å². The fourth-order valence-corrected chi connectivity index (χ4v) is 5.38. The molecule has 2 aliphatic rings. The third kappa shape index (κ3) is 2.25. The summed E-state index contributed by atoms with van der Waals surface area (Å²) in [4.78, 5) is 2.50. The molecule has 28 heavy (non-hydrogen) atoms. The summed E-state index contributed by atoms with van der Waals surface area (Å²) in [5, 5.41) is 0. The Morgan fingerprint density at radius 1 is 0.536 bits per heavy atom. The van der Waals surface area contributed by atoms with Gasteiger partial charge in [0.2, 0.25) is 0 Å². The highest BCUT2D eigenvalue weighted by Gasteiger charge is 2.41. The molecule has 0 unspecified atom stereocenters. The first-order valence-electron chi connectivity index (χ1n) is 9.29. The summed E-state index contributed by atoms with van der Waals surface area (Å²) in [6, 6.07) is 30.9. The Kier molecular flexibility index (Phi) is 3.63. The largest absolute Gasteiger partial charge is 0.376 e. The van der Waals surface area contributed by atoms with Crippen molar-refractivity contribution >= 4 is 61.0 Å². The Labute approximate surface area is 181 Å². The summed E-state index contributed by atoms with van der Waals surface area (Å²) in [5.74, 6) is 0. The topological polar surface area (TPSA) is 3.24 Å². The van der Waals surface area contributed by atoms with E-state index in [-0.39, 0.29) is 6.85 Å². The van der Waals surface area contributed by atoms with Gasteiger partial charge in [-0.25, -0.2) is 0 Å². The molecule has 4 aromatic carbocycles. The van der Waals surface area contributed by atoms with Gasteiger partial charge >= 0.3 is 6.85 Å². The molecule has 0 aliphatic carbocycles. The minimum absolute atomic E-state index is 0.163. The third-order valence-corrected chi connectivity index (χ3v) is 6.77. The van der Waals surface area contributed by atoms with Crippen LogP contribution in [0.3, 0.4) is 0 Å². The predicted octanol–water partition coefficient (Wildman–Crippen LogP) is 6.12. The molecule has 6 rings (SSSR count). The lowest BCUT2D eigenvalue weighted by molar-refractivity contribution is 1.34. The van der Waals surface area contributed by atoms with Crippen molar-refractivity contribution in [3.8, 4) is 22.3 Å². The first-order valence-corrected chi connectivity index (χ1v) is 10.9. The molecule has 0 bridgehead atoms. The zero-order valence-corrected chi connectivity index (χ0v) is 18.0. The Morgan fingerprint density at radius 3 is 1.50 bits per heavy atom. The Bertz CT molecular complexity index is 1170. The summed E-state index contributed by atoms with van der Waals surface area (Å²) in [6.07, 6.45) is 0. The van der Waals surface area contributed by atoms with Gasteiger partial charge in [0.25, 0.3) is 0 Å². The fourth-order valence-electron chi connectivity index (χ4n) is 4.68. The second-order valence-electron chi connectivity index (χ2n) is 7.27. The van der Waals surface area contributed by atoms with Gasteiger partial charge in [0.15, 0.2) is 0 Å². The Hall–Kier alpha value is -2.30. The molecule has 2 aliphatic heterocycles. The van der Waals surface area contributed by atoms with Gasteiger partial charge in [-0.2, -0.15) is 0 Å². The van der Waals surface area contributed by atoms with Gasteiger partial charge in [0, 0.05) is 31.4 Å². The van der Waals surface area contributed by atoms with E-state index < -0.39 is 0 Å². The van der Waals surface area contributed by atoms with Crippen LogP contribution in [0.15, 0.2) is 93.9 Å². The van der Waals surface area contributed by atoms with E-state index in [0.717, 1.165) is 8.95 Å². The van der Waals surface area contributed by atoms with Crippen LogP contribution < -0.4 is 15.7 Å². The van der Waals surface area contributed by atoms with Crippen LogP contribution in [0, 0.1) is 0 Å². The monoisotopic (exact) mass is 485 g/mol. The molecule has 0 saturated carbocycles. The zero-order valence-electron chi connectivity index (χ0n) is 14.9. The van der Waals surface area contributed by atoms with Gasteiger partial charge < -0.3 is 4.81 Å². The van der Waals surface area contributed by atoms with Crippen LogP contribution in [0.1, 0.15) is 0 Å². The molecule has 0 amide bonds. The van der Waals surface area contributed by atoms with E-state index in [2.05, 4.69) is 122 Å². The van der Waals surface area contributed by atoms with Crippen molar-refractivity contribution in [3.63, 3.8) is 0 Å². The van der Waals surface area contributed by atoms with Crippen molar-refractivity contribution < 1.29 is 0 Å². The van der Waals surface area contributed by atoms with E-state index in [1.807, 2.05) is 0 Å². The number of anilines is 2. The molecule has 4 heteroatoms. The first kappa shape index (κ1) is 16.6. The van der Waals surface area contributed by atoms with Crippen molar-refractivity contribution in [2.45, 2.75) is 0 Å². The van der Waals surface area contributed by atoms with Gasteiger partial charge in [-0.15, -0.1) is 0 Å². The average molecular weight is 487 g/mol. The van der Waals surface area contributed by atoms with E-state index in [1.54, 1.807) is 0 Å². The number of hydrogen-bond donors (Lipinski definition) is 0. The predicted molar refractivity (Wildman–Crippen MR) is 126 cm³/mol. The molecule has 0 saturated heterocycles. The SMILES string of the molecule is Brc1ccc2c(c1)N1B(c3ccccc3-2)c2ccccc2-c2ccc(Br)cc21. The summed E-state index contributed by atoms with van der Waals surface area (Å²) in [5.41, 5.74) is 10.4. The lowest BCUT2D eigenvalue weighted by atomic mass is 9.43. The molecular weight excluding hydrogens is 473 g/mol. The summed E-state index contributed by atoms with van der Waals surface area (Å²) < 4.78 is 2.19. The molecule has 0 radical (unpaired) electrons. The molecule has 0 aromatic heterocycles. The van der Waals surface area contributed by atoms with Crippen molar-refractivity contribution in [2.75, 3.05) is 4.81 Å². The highest BCUT2D eigenvalue weighted by atomic mass is 79.9. The number of fused-ring (bicyclic) bond motifs is 11. The maximum atomic E-state index is 3.70. The average Bonchev–Trinajstić information content (AvgIpc) is 2.73. The fraction of sp³-hybridized carbons (Fsp3) is 0. The Balaban J connectivity index is 1.77. The van der Waals surface area contributed by atoms with Crippen LogP contribution in [-0.2, 0) is 0 Å². The number of rotatable bonds is 0. The normalized spacial score (nSPS) is 13.2. The van der Waals surface area contributed by atoms with Crippen molar-refractivity contribution in [2.24, 2.45) is 0 Å². The first-order chi connectivity index (χ1) is 13.7. The van der Waals surface area contributed by atoms with Crippen LogP contribution in [0.5, 0.6) is 0 Å². The highest BCUT2D eigenvalue weighted by Crippen LogP contribution is 2.47. The quantitative estimate of drug-likeness (QED) is 0.271. The molecule has 0 N–H and O–H groups in total. The van der Waals surface area contributed by atoms with E-state index in [0.29, 0.717) is 0 Å². The minimum atomic E-state index is 0.163. The highest BCUT2D eigenvalue weighted by molar-refractivity contribution is 9.10. The lowest BCUT2D eigenvalue weighted by Gasteiger charge is -2.43. The lowest BCUT2D eigenvalue weighted by Crippen LogP contribution is -2.59. The molecule has 0 atom stereocenters. The number of halogens is 2. The molecule has 1 nitrogen and oxygen atoms in total. The van der Waals surface area contributed by atoms with E-state index in [1.165, 1.54) is 44.6 Å². The van der Waals surface area contributed by atoms with Crippen LogP contribution in [0.4, 0.5) is 11.4 Å². The van der Waals surface area contributed by atoms with Gasteiger partial charge in [-0.1, -0.05) is 92.5 Å². The molecular formula is C24H14BBr2N. The number of nitrogens with zero attached hydrogens (tertiary/aromatic N) is 1. The molecule has 0 spiro atoms. The molecule has 132 valence electrons. The third-order valence-electron chi connectivity index (χ3n) is 5.79. The Morgan fingerprint density at radius 2 is 1.00 bits per heavy atom. The van der Waals surface area contributed by atoms with Crippen molar-refractivity contribution in [3.05, 3.63) is 93.9 Å². The second kappa shape index (κ2) is 6.10. The maximum Gasteiger partial charge on any atom is 0.329 e. The minimum Gasteiger partial charge on any atom is -0.376 e. The summed E-state index contributed by atoms with van der Waals surface area (Å²) in [7, 11) is 0. The van der Waals surface area contributed by atoms with Crippen LogP contribution in [0.2, 0.25) is 0 Å². The van der Waals surface area contributed by atoms with E-state index >= 15 is 0 Å². The van der Waals surface area contributed by atoms with Crippen LogP contribution in [-0.4, -0.2) is 6.85 Å². The summed E-state index contributed by atoms with van der Waals surface area (Å²) >= 11 is 7.39. The molecule has 0 fully saturated rings. The second-order valence-corrected chi connectivity index (χ2v) is 9.10. The summed E-state index contributed by atoms with van der Waals surface area (Å²) in [6.45, 7) is 0.163. The van der Waals surface area contributed by atoms with Crippen molar-refractivity contribution in [1.29, 1.82) is 0 Å². The van der Waals surface area contributed by atoms with Gasteiger partial charge in [-0.05, 0) is 46.3 Å². The van der Waals surface area contributed by atoms with Crippen LogP contribution in [0.25, 0.3) is 22.3 Å². The van der Waals surface area contributed by atoms with Gasteiger partial charge in [0.05, 0.1) is 0 Å².